The van der Waals surface area contributed by atoms with Gasteiger partial charge in [-0.05, 0) is 85.1 Å². The fourth-order valence-electron chi connectivity index (χ4n) is 3.77. The van der Waals surface area contributed by atoms with Crippen molar-refractivity contribution in [1.29, 1.82) is 0 Å². The molecular weight excluding hydrogens is 536 g/mol. The summed E-state index contributed by atoms with van der Waals surface area (Å²) < 4.78 is 13.1. The second-order valence-electron chi connectivity index (χ2n) is 8.84. The average Bonchev–Trinajstić information content (AvgIpc) is 3.20. The van der Waals surface area contributed by atoms with Gasteiger partial charge in [-0.2, -0.15) is 0 Å². The van der Waals surface area contributed by atoms with Crippen molar-refractivity contribution in [1.82, 2.24) is 9.97 Å². The van der Waals surface area contributed by atoms with Gasteiger partial charge >= 0.3 is 5.97 Å². The maximum absolute atomic E-state index is 13.0. The summed E-state index contributed by atoms with van der Waals surface area (Å²) in [7, 11) is 1.38. The standard InChI is InChI=1S/C26H24BrClN2O3S/c1-14-13-18-23(34-24(30-18)17-7-6-8-19(27)29-17)21(15-9-11-16(28)12-10-15)20(14)22(25(31)32-5)33-26(2,3)4/h6-13,22H,1-5H3. The number of aromatic nitrogens is 2. The second-order valence-corrected chi connectivity index (χ2v) is 11.1. The Balaban J connectivity index is 2.04. The van der Waals surface area contributed by atoms with Crippen LogP contribution >= 0.6 is 38.9 Å². The molecule has 4 rings (SSSR count). The number of thiazole rings is 1. The zero-order valence-corrected chi connectivity index (χ0v) is 22.6. The summed E-state index contributed by atoms with van der Waals surface area (Å²) >= 11 is 11.2. The molecule has 0 spiro atoms. The first-order valence-electron chi connectivity index (χ1n) is 10.7. The zero-order valence-electron chi connectivity index (χ0n) is 19.5. The molecule has 2 aromatic heterocycles. The minimum absolute atomic E-state index is 0.453. The molecule has 0 fully saturated rings. The van der Waals surface area contributed by atoms with Crippen molar-refractivity contribution in [3.8, 4) is 21.8 Å². The maximum atomic E-state index is 13.0. The minimum atomic E-state index is -0.908. The molecule has 0 saturated heterocycles. The van der Waals surface area contributed by atoms with Crippen molar-refractivity contribution in [3.05, 3.63) is 69.3 Å². The van der Waals surface area contributed by atoms with Crippen LogP contribution < -0.4 is 0 Å². The van der Waals surface area contributed by atoms with Crippen molar-refractivity contribution in [3.63, 3.8) is 0 Å². The van der Waals surface area contributed by atoms with Crippen LogP contribution in [0.5, 0.6) is 0 Å². The molecule has 0 aliphatic rings. The molecule has 0 radical (unpaired) electrons. The highest BCUT2D eigenvalue weighted by Gasteiger charge is 2.33. The highest BCUT2D eigenvalue weighted by Crippen LogP contribution is 2.44. The highest BCUT2D eigenvalue weighted by atomic mass is 79.9. The van der Waals surface area contributed by atoms with Crippen molar-refractivity contribution < 1.29 is 14.3 Å². The first-order chi connectivity index (χ1) is 16.1. The van der Waals surface area contributed by atoms with Crippen molar-refractivity contribution >= 4 is 55.1 Å². The van der Waals surface area contributed by atoms with Crippen molar-refractivity contribution in [2.45, 2.75) is 39.4 Å². The SMILES string of the molecule is COC(=O)C(OC(C)(C)C)c1c(C)cc2nc(-c3cccc(Br)n3)sc2c1-c1ccc(Cl)cc1. The van der Waals surface area contributed by atoms with E-state index in [1.807, 2.05) is 76.2 Å². The Hall–Kier alpha value is -2.32. The molecular formula is C26H24BrClN2O3S. The number of ether oxygens (including phenoxy) is 2. The van der Waals surface area contributed by atoms with E-state index in [0.29, 0.717) is 5.02 Å². The van der Waals surface area contributed by atoms with Crippen LogP contribution in [0.25, 0.3) is 32.0 Å². The maximum Gasteiger partial charge on any atom is 0.339 e. The number of hydrogen-bond acceptors (Lipinski definition) is 6. The number of carbonyl (C=O) groups excluding carboxylic acids is 1. The van der Waals surface area contributed by atoms with Gasteiger partial charge < -0.3 is 9.47 Å². The predicted molar refractivity (Wildman–Crippen MR) is 141 cm³/mol. The molecule has 0 aliphatic heterocycles. The molecule has 0 bridgehead atoms. The molecule has 0 aliphatic carbocycles. The van der Waals surface area contributed by atoms with Gasteiger partial charge in [-0.1, -0.05) is 29.8 Å². The van der Waals surface area contributed by atoms with Crippen LogP contribution in [0.1, 0.15) is 38.0 Å². The third kappa shape index (κ3) is 5.18. The lowest BCUT2D eigenvalue weighted by Crippen LogP contribution is -2.29. The summed E-state index contributed by atoms with van der Waals surface area (Å²) in [5.74, 6) is -0.453. The largest absolute Gasteiger partial charge is 0.467 e. The quantitative estimate of drug-likeness (QED) is 0.185. The van der Waals surface area contributed by atoms with E-state index in [9.17, 15) is 4.79 Å². The number of pyridine rings is 1. The lowest BCUT2D eigenvalue weighted by molar-refractivity contribution is -0.164. The summed E-state index contributed by atoms with van der Waals surface area (Å²) in [6.07, 6.45) is -0.908. The number of benzene rings is 2. The minimum Gasteiger partial charge on any atom is -0.467 e. The first-order valence-corrected chi connectivity index (χ1v) is 12.6. The third-order valence-electron chi connectivity index (χ3n) is 5.14. The monoisotopic (exact) mass is 558 g/mol. The molecule has 0 amide bonds. The zero-order chi connectivity index (χ0) is 24.6. The Bertz CT molecular complexity index is 1360. The summed E-state index contributed by atoms with van der Waals surface area (Å²) in [4.78, 5) is 22.4. The van der Waals surface area contributed by atoms with Crippen LogP contribution in [0.15, 0.2) is 53.1 Å². The Morgan fingerprint density at radius 3 is 2.44 bits per heavy atom. The number of fused-ring (bicyclic) bond motifs is 1. The fourth-order valence-corrected chi connectivity index (χ4v) is 5.34. The van der Waals surface area contributed by atoms with Crippen LogP contribution in [-0.4, -0.2) is 28.6 Å². The van der Waals surface area contributed by atoms with E-state index in [1.165, 1.54) is 18.4 Å². The molecule has 2 aromatic carbocycles. The average molecular weight is 560 g/mol. The number of carbonyl (C=O) groups is 1. The molecule has 2 heterocycles. The van der Waals surface area contributed by atoms with Gasteiger partial charge in [0.15, 0.2) is 6.10 Å². The molecule has 34 heavy (non-hydrogen) atoms. The summed E-state index contributed by atoms with van der Waals surface area (Å²) in [6, 6.07) is 15.3. The van der Waals surface area contributed by atoms with Crippen LogP contribution in [0.3, 0.4) is 0 Å². The Morgan fingerprint density at radius 1 is 1.12 bits per heavy atom. The van der Waals surface area contributed by atoms with Crippen molar-refractivity contribution in [2.24, 2.45) is 0 Å². The Kier molecular flexibility index (Phi) is 7.10. The van der Waals surface area contributed by atoms with Gasteiger partial charge in [0.05, 0.1) is 22.9 Å². The van der Waals surface area contributed by atoms with Crippen LogP contribution in [0, 0.1) is 6.92 Å². The van der Waals surface area contributed by atoms with Gasteiger partial charge in [0.1, 0.15) is 15.3 Å². The molecule has 4 aromatic rings. The first kappa shape index (κ1) is 24.8. The summed E-state index contributed by atoms with van der Waals surface area (Å²) in [5, 5.41) is 1.42. The molecule has 1 unspecified atom stereocenters. The molecule has 5 nitrogen and oxygen atoms in total. The van der Waals surface area contributed by atoms with E-state index in [4.69, 9.17) is 26.1 Å². The highest BCUT2D eigenvalue weighted by molar-refractivity contribution is 9.10. The smallest absolute Gasteiger partial charge is 0.339 e. The molecule has 8 heteroatoms. The van der Waals surface area contributed by atoms with Gasteiger partial charge in [0, 0.05) is 16.1 Å². The summed E-state index contributed by atoms with van der Waals surface area (Å²) in [5.41, 5.74) is 4.46. The Labute approximate surface area is 216 Å². The van der Waals surface area contributed by atoms with Crippen LogP contribution in [0.2, 0.25) is 5.02 Å². The lowest BCUT2D eigenvalue weighted by Gasteiger charge is -2.28. The van der Waals surface area contributed by atoms with Crippen LogP contribution in [0.4, 0.5) is 0 Å². The van der Waals surface area contributed by atoms with Gasteiger partial charge in [0.25, 0.3) is 0 Å². The van der Waals surface area contributed by atoms with E-state index < -0.39 is 17.7 Å². The second kappa shape index (κ2) is 9.74. The predicted octanol–water partition coefficient (Wildman–Crippen LogP) is 7.78. The third-order valence-corrected chi connectivity index (χ3v) is 6.95. The lowest BCUT2D eigenvalue weighted by atomic mass is 9.91. The van der Waals surface area contributed by atoms with Crippen LogP contribution in [-0.2, 0) is 14.3 Å². The number of nitrogens with zero attached hydrogens (tertiary/aromatic N) is 2. The van der Waals surface area contributed by atoms with E-state index >= 15 is 0 Å². The number of esters is 1. The summed E-state index contributed by atoms with van der Waals surface area (Å²) in [6.45, 7) is 7.72. The molecule has 176 valence electrons. The van der Waals surface area contributed by atoms with E-state index in [1.54, 1.807) is 0 Å². The van der Waals surface area contributed by atoms with Gasteiger partial charge in [-0.15, -0.1) is 11.3 Å². The fraction of sp³-hybridized carbons (Fsp3) is 0.269. The van der Waals surface area contributed by atoms with E-state index in [0.717, 1.165) is 47.8 Å². The van der Waals surface area contributed by atoms with E-state index in [-0.39, 0.29) is 0 Å². The topological polar surface area (TPSA) is 61.3 Å². The number of hydrogen-bond donors (Lipinski definition) is 0. The van der Waals surface area contributed by atoms with E-state index in [2.05, 4.69) is 20.9 Å². The number of rotatable bonds is 5. The van der Waals surface area contributed by atoms with Gasteiger partial charge in [-0.25, -0.2) is 14.8 Å². The number of halogens is 2. The Morgan fingerprint density at radius 2 is 1.82 bits per heavy atom. The number of aryl methyl sites for hydroxylation is 1. The normalized spacial score (nSPS) is 12.7. The molecule has 0 N–H and O–H groups in total. The molecule has 1 atom stereocenters. The van der Waals surface area contributed by atoms with Gasteiger partial charge in [0.2, 0.25) is 0 Å². The van der Waals surface area contributed by atoms with Crippen molar-refractivity contribution in [2.75, 3.05) is 7.11 Å². The molecule has 0 saturated carbocycles. The van der Waals surface area contributed by atoms with Gasteiger partial charge in [-0.3, -0.25) is 0 Å². The number of methoxy groups -OCH3 is 1.